The van der Waals surface area contributed by atoms with Gasteiger partial charge in [0.1, 0.15) is 23.2 Å². The summed E-state index contributed by atoms with van der Waals surface area (Å²) >= 11 is 1.81. The first kappa shape index (κ1) is 32.0. The van der Waals surface area contributed by atoms with Gasteiger partial charge in [-0.05, 0) is 65.2 Å². The minimum absolute atomic E-state index is 0.235. The van der Waals surface area contributed by atoms with Gasteiger partial charge in [-0.1, -0.05) is 127 Å². The molecule has 0 saturated carbocycles. The highest BCUT2D eigenvalue weighted by molar-refractivity contribution is 7.25. The molecule has 0 spiro atoms. The summed E-state index contributed by atoms with van der Waals surface area (Å²) in [6.45, 7) is 0. The molecule has 3 aromatic heterocycles. The summed E-state index contributed by atoms with van der Waals surface area (Å²) in [6, 6.07) is 64.4. The van der Waals surface area contributed by atoms with E-state index in [0.29, 0.717) is 0 Å². The molecule has 57 heavy (non-hydrogen) atoms. The zero-order valence-electron chi connectivity index (χ0n) is 30.6. The maximum Gasteiger partial charge on any atom is 0.159 e. The number of nitrogens with one attached hydrogen (secondary N) is 1. The molecule has 0 radical (unpaired) electrons. The second-order valence-electron chi connectivity index (χ2n) is 14.6. The number of aliphatic imine (C=N–C) groups is 2. The van der Waals surface area contributed by atoms with Crippen LogP contribution in [-0.4, -0.2) is 16.2 Å². The number of rotatable bonds is 5. The third-order valence-electron chi connectivity index (χ3n) is 11.3. The smallest absolute Gasteiger partial charge is 0.159 e. The number of thiophene rings is 1. The number of nitrogens with zero attached hydrogens (tertiary/aromatic N) is 3. The van der Waals surface area contributed by atoms with E-state index in [9.17, 15) is 0 Å². The molecule has 8 aromatic carbocycles. The van der Waals surface area contributed by atoms with Crippen LogP contribution in [-0.2, 0) is 0 Å². The van der Waals surface area contributed by atoms with Gasteiger partial charge in [-0.3, -0.25) is 0 Å². The Kier molecular flexibility index (Phi) is 7.09. The van der Waals surface area contributed by atoms with Gasteiger partial charge in [0.05, 0.1) is 11.0 Å². The monoisotopic (exact) mass is 748 g/mol. The Bertz CT molecular complexity index is 3390. The molecule has 0 bridgehead atoms. The molecule has 6 heteroatoms. The SMILES string of the molecule is c1ccc(C2=NC(c3ccc4c(c3)sc3cc(-c5ccc6c(c5)oc5cc(-n7c8ccccc8c8ccccc87)ccc56)ccc34)=NC(c3ccccc3)N2)cc1. The van der Waals surface area contributed by atoms with E-state index in [1.54, 1.807) is 0 Å². The van der Waals surface area contributed by atoms with Crippen molar-refractivity contribution < 1.29 is 4.42 Å². The molecule has 1 aliphatic rings. The number of para-hydroxylation sites is 2. The summed E-state index contributed by atoms with van der Waals surface area (Å²) < 4.78 is 11.4. The Hall–Kier alpha value is -7.28. The lowest BCUT2D eigenvalue weighted by Crippen LogP contribution is -2.33. The number of furan rings is 1. The number of hydrogen-bond donors (Lipinski definition) is 1. The fourth-order valence-corrected chi connectivity index (χ4v) is 9.69. The standard InChI is InChI=1S/C51H32N4OS/c1-3-11-31(12-4-1)49-52-50(32-13-5-2-6-14-32)54-51(53-49)35-21-25-42-41-24-20-34(28-47(41)57-48(42)29-35)33-19-23-39-40-26-22-36(30-46(40)56-45(39)27-33)55-43-17-9-7-15-37(43)38-16-8-10-18-44(38)55/h1-30,49H,(H,52,53,54). The number of amidine groups is 2. The van der Waals surface area contributed by atoms with Gasteiger partial charge in [0.2, 0.25) is 0 Å². The zero-order valence-corrected chi connectivity index (χ0v) is 31.4. The molecule has 5 nitrogen and oxygen atoms in total. The molecule has 268 valence electrons. The van der Waals surface area contributed by atoms with Crippen LogP contribution in [0.5, 0.6) is 0 Å². The highest BCUT2D eigenvalue weighted by Gasteiger charge is 2.22. The fourth-order valence-electron chi connectivity index (χ4n) is 8.51. The summed E-state index contributed by atoms with van der Waals surface area (Å²) in [5.41, 5.74) is 10.6. The van der Waals surface area contributed by atoms with Crippen molar-refractivity contribution >= 4 is 86.9 Å². The Morgan fingerprint density at radius 2 is 1.04 bits per heavy atom. The number of hydrogen-bond acceptors (Lipinski definition) is 5. The van der Waals surface area contributed by atoms with Crippen molar-refractivity contribution in [3.05, 3.63) is 199 Å². The third kappa shape index (κ3) is 5.22. The average molecular weight is 749 g/mol. The predicted octanol–water partition coefficient (Wildman–Crippen LogP) is 13.2. The second-order valence-corrected chi connectivity index (χ2v) is 15.7. The lowest BCUT2D eigenvalue weighted by atomic mass is 10.0. The van der Waals surface area contributed by atoms with Gasteiger partial charge in [0, 0.05) is 64.6 Å². The van der Waals surface area contributed by atoms with Gasteiger partial charge in [-0.2, -0.15) is 0 Å². The molecule has 1 atom stereocenters. The van der Waals surface area contributed by atoms with Crippen molar-refractivity contribution in [3.8, 4) is 16.8 Å². The average Bonchev–Trinajstić information content (AvgIpc) is 3.95. The highest BCUT2D eigenvalue weighted by Crippen LogP contribution is 2.40. The second kappa shape index (κ2) is 12.6. The van der Waals surface area contributed by atoms with Crippen LogP contribution in [0.25, 0.3) is 80.7 Å². The van der Waals surface area contributed by atoms with Crippen LogP contribution in [0.4, 0.5) is 0 Å². The Labute approximate surface area is 331 Å². The van der Waals surface area contributed by atoms with Crippen LogP contribution in [0.2, 0.25) is 0 Å². The highest BCUT2D eigenvalue weighted by atomic mass is 32.1. The van der Waals surface area contributed by atoms with Crippen molar-refractivity contribution in [2.45, 2.75) is 6.17 Å². The van der Waals surface area contributed by atoms with Crippen LogP contribution in [0.15, 0.2) is 196 Å². The van der Waals surface area contributed by atoms with Crippen LogP contribution in [0, 0.1) is 0 Å². The first-order valence-corrected chi connectivity index (χ1v) is 20.0. The minimum Gasteiger partial charge on any atom is -0.456 e. The van der Waals surface area contributed by atoms with E-state index >= 15 is 0 Å². The number of aromatic nitrogens is 1. The molecule has 0 saturated heterocycles. The number of benzene rings is 8. The number of fused-ring (bicyclic) bond motifs is 9. The van der Waals surface area contributed by atoms with Gasteiger partial charge < -0.3 is 14.3 Å². The fraction of sp³-hybridized carbons (Fsp3) is 0.0196. The Morgan fingerprint density at radius 1 is 0.474 bits per heavy atom. The van der Waals surface area contributed by atoms with E-state index in [-0.39, 0.29) is 6.17 Å². The summed E-state index contributed by atoms with van der Waals surface area (Å²) in [6.07, 6.45) is -0.235. The molecule has 0 aliphatic carbocycles. The van der Waals surface area contributed by atoms with Crippen LogP contribution in [0.3, 0.4) is 0 Å². The van der Waals surface area contributed by atoms with E-state index in [1.165, 1.54) is 42.0 Å². The minimum atomic E-state index is -0.235. The summed E-state index contributed by atoms with van der Waals surface area (Å²) in [5.74, 6) is 1.54. The van der Waals surface area contributed by atoms with Gasteiger partial charge in [0.25, 0.3) is 0 Å². The van der Waals surface area contributed by atoms with Crippen LogP contribution < -0.4 is 5.32 Å². The van der Waals surface area contributed by atoms with Gasteiger partial charge in [0.15, 0.2) is 5.84 Å². The van der Waals surface area contributed by atoms with Crippen molar-refractivity contribution in [1.29, 1.82) is 0 Å². The largest absolute Gasteiger partial charge is 0.456 e. The Morgan fingerprint density at radius 3 is 1.75 bits per heavy atom. The molecule has 12 rings (SSSR count). The summed E-state index contributed by atoms with van der Waals surface area (Å²) in [7, 11) is 0. The Balaban J connectivity index is 0.906. The van der Waals surface area contributed by atoms with E-state index in [4.69, 9.17) is 14.4 Å². The van der Waals surface area contributed by atoms with Crippen molar-refractivity contribution in [1.82, 2.24) is 9.88 Å². The molecule has 0 fully saturated rings. The normalized spacial score (nSPS) is 14.5. The zero-order chi connectivity index (χ0) is 37.5. The summed E-state index contributed by atoms with van der Waals surface area (Å²) in [5, 5.41) is 10.8. The maximum absolute atomic E-state index is 6.62. The third-order valence-corrected chi connectivity index (χ3v) is 12.4. The topological polar surface area (TPSA) is 54.8 Å². The van der Waals surface area contributed by atoms with E-state index in [2.05, 4.69) is 168 Å². The van der Waals surface area contributed by atoms with Crippen molar-refractivity contribution in [2.75, 3.05) is 0 Å². The van der Waals surface area contributed by atoms with Gasteiger partial charge in [-0.15, -0.1) is 11.3 Å². The first-order valence-electron chi connectivity index (χ1n) is 19.2. The quantitative estimate of drug-likeness (QED) is 0.191. The van der Waals surface area contributed by atoms with E-state index < -0.39 is 0 Å². The van der Waals surface area contributed by atoms with Crippen molar-refractivity contribution in [3.63, 3.8) is 0 Å². The summed E-state index contributed by atoms with van der Waals surface area (Å²) in [4.78, 5) is 10.2. The first-order chi connectivity index (χ1) is 28.2. The lowest BCUT2D eigenvalue weighted by Gasteiger charge is -2.23. The van der Waals surface area contributed by atoms with E-state index in [0.717, 1.165) is 67.1 Å². The molecule has 11 aromatic rings. The molecular formula is C51H32N4OS. The molecular weight excluding hydrogens is 717 g/mol. The molecule has 1 N–H and O–H groups in total. The molecule has 4 heterocycles. The van der Waals surface area contributed by atoms with E-state index in [1.807, 2.05) is 35.6 Å². The predicted molar refractivity (Wildman–Crippen MR) is 238 cm³/mol. The molecule has 0 amide bonds. The lowest BCUT2D eigenvalue weighted by molar-refractivity contribution is 0.669. The molecule has 1 aliphatic heterocycles. The van der Waals surface area contributed by atoms with Crippen molar-refractivity contribution in [2.24, 2.45) is 9.98 Å². The molecule has 1 unspecified atom stereocenters. The van der Waals surface area contributed by atoms with Gasteiger partial charge >= 0.3 is 0 Å². The van der Waals surface area contributed by atoms with Crippen LogP contribution in [0.1, 0.15) is 22.9 Å². The van der Waals surface area contributed by atoms with Crippen LogP contribution >= 0.6 is 11.3 Å². The maximum atomic E-state index is 6.62. The van der Waals surface area contributed by atoms with Gasteiger partial charge in [-0.25, -0.2) is 9.98 Å².